The summed E-state index contributed by atoms with van der Waals surface area (Å²) in [4.78, 5) is 99.4. The highest BCUT2D eigenvalue weighted by Gasteiger charge is 2.57. The lowest BCUT2D eigenvalue weighted by molar-refractivity contribution is -0.222. The third kappa shape index (κ3) is 18.3. The molecule has 12 rings (SSSR count). The maximum absolute atomic E-state index is 14.5. The zero-order chi connectivity index (χ0) is 71.6. The number of aliphatic hydroxyl groups excluding tert-OH is 2. The topological polar surface area (TPSA) is 308 Å². The Kier molecular flexibility index (Phi) is 24.6. The zero-order valence-electron chi connectivity index (χ0n) is 54.7. The summed E-state index contributed by atoms with van der Waals surface area (Å²) in [6.45, 7) is -2.49. The van der Waals surface area contributed by atoms with Gasteiger partial charge in [0, 0.05) is 0 Å². The SMILES string of the molecule is O=C(O[C@@H]1[C@@H](OC[C@H]2O[C@H](OC[C@H]3O[C@H](OC[C@H]4O[C@H](Oc5ccc(OCCCl)cc5)[C@@H](OC(=O)c5ccccc5)[C@@H]4OC(=O)c4ccccc4)[C@@H](OC(=O)c4ccccc4)[C@@H]3OC(=O)c3ccccc3)[C@@H](OC(=O)c3ccccc3)[C@@H]2OC(=O)c2ccccc2)O[C@H](CO)[C@H]1O)c1ccccc1. The summed E-state index contributed by atoms with van der Waals surface area (Å²) in [6, 6.07) is 61.5. The Morgan fingerprint density at radius 2 is 0.553 bits per heavy atom. The van der Waals surface area contributed by atoms with E-state index < -0.39 is 167 Å². The molecule has 0 spiro atoms. The predicted octanol–water partition coefficient (Wildman–Crippen LogP) is 8.56. The van der Waals surface area contributed by atoms with Gasteiger partial charge in [0.05, 0.1) is 71.3 Å². The van der Waals surface area contributed by atoms with Crippen molar-refractivity contribution in [1.82, 2.24) is 0 Å². The molecule has 2 N–H and O–H groups in total. The quantitative estimate of drug-likeness (QED) is 0.0252. The number of rotatable bonds is 29. The summed E-state index contributed by atoms with van der Waals surface area (Å²) in [5.41, 5.74) is 0.607. The molecule has 103 heavy (non-hydrogen) atoms. The molecule has 0 unspecified atom stereocenters. The molecule has 4 saturated heterocycles. The molecule has 0 radical (unpaired) electrons. The first kappa shape index (κ1) is 72.4. The number of aliphatic hydroxyl groups is 2. The molecule has 4 aliphatic rings. The van der Waals surface area contributed by atoms with Crippen LogP contribution in [-0.2, 0) is 66.3 Å². The van der Waals surface area contributed by atoms with Gasteiger partial charge in [-0.05, 0) is 109 Å². The molecule has 25 nitrogen and oxygen atoms in total. The molecule has 8 aromatic rings. The molecule has 4 fully saturated rings. The van der Waals surface area contributed by atoms with Crippen molar-refractivity contribution in [2.45, 2.75) is 98.4 Å². The standard InChI is InChI=1S/C77H69ClO25/c78-40-41-88-53-36-38-54(39-37-53)92-77-66(103-73(87)52-34-20-7-21-35-52)62(99-69(83)48-26-12-3-13-27-48)58(96-77)45-91-76-65(102-72(86)51-32-18-6-19-33-51)61(98-68(82)47-24-10-2-11-25-47)57(95-76)44-90-75-64(101-71(85)50-30-16-5-17-31-50)60(97-67(81)46-22-8-1-9-23-46)56(94-75)43-89-74-63(59(80)55(42-79)93-74)100-70(84)49-28-14-4-15-29-49/h1-39,55-66,74-77,79-80H,40-45H2/t55-,56-,57-,58-,59-,60-,61-,62-,63+,64+,65+,66+,74+,75+,76+,77+/m1/s1. The monoisotopic (exact) mass is 1430 g/mol. The Bertz CT molecular complexity index is 4090. The molecule has 0 amide bonds. The van der Waals surface area contributed by atoms with Crippen LogP contribution >= 0.6 is 11.6 Å². The second-order valence-corrected chi connectivity index (χ2v) is 24.0. The minimum absolute atomic E-state index is 0.0552. The molecular formula is C77H69ClO25. The second kappa shape index (κ2) is 35.0. The lowest BCUT2D eigenvalue weighted by atomic mass is 10.1. The molecule has 0 aromatic heterocycles. The van der Waals surface area contributed by atoms with Crippen molar-refractivity contribution in [1.29, 1.82) is 0 Å². The van der Waals surface area contributed by atoms with Gasteiger partial charge in [-0.15, -0.1) is 11.6 Å². The van der Waals surface area contributed by atoms with Crippen molar-refractivity contribution in [3.8, 4) is 11.5 Å². The first-order chi connectivity index (χ1) is 50.3. The third-order valence-electron chi connectivity index (χ3n) is 16.7. The minimum Gasteiger partial charge on any atom is -0.492 e. The van der Waals surface area contributed by atoms with Gasteiger partial charge < -0.3 is 86.0 Å². The first-order valence-electron chi connectivity index (χ1n) is 32.8. The smallest absolute Gasteiger partial charge is 0.338 e. The largest absolute Gasteiger partial charge is 0.492 e. The lowest BCUT2D eigenvalue weighted by Crippen LogP contribution is -2.45. The Labute approximate surface area is 594 Å². The van der Waals surface area contributed by atoms with Crippen molar-refractivity contribution in [3.63, 3.8) is 0 Å². The fourth-order valence-corrected chi connectivity index (χ4v) is 11.7. The summed E-state index contributed by atoms with van der Waals surface area (Å²) in [6.07, 6.45) is -25.4. The van der Waals surface area contributed by atoms with E-state index in [-0.39, 0.29) is 57.2 Å². The van der Waals surface area contributed by atoms with Crippen LogP contribution in [0, 0.1) is 0 Å². The average molecular weight is 1430 g/mol. The van der Waals surface area contributed by atoms with Crippen LogP contribution in [0.1, 0.15) is 72.5 Å². The number of benzene rings is 8. The fourth-order valence-electron chi connectivity index (χ4n) is 11.6. The summed E-state index contributed by atoms with van der Waals surface area (Å²) < 4.78 is 100. The van der Waals surface area contributed by atoms with Crippen molar-refractivity contribution >= 4 is 53.4 Å². The molecule has 534 valence electrons. The van der Waals surface area contributed by atoms with E-state index in [9.17, 15) is 43.8 Å². The van der Waals surface area contributed by atoms with Crippen LogP contribution in [-0.4, -0.2) is 189 Å². The Morgan fingerprint density at radius 3 is 0.845 bits per heavy atom. The molecule has 0 bridgehead atoms. The van der Waals surface area contributed by atoms with Crippen LogP contribution in [0.5, 0.6) is 11.5 Å². The summed E-state index contributed by atoms with van der Waals surface area (Å²) in [5.74, 6) is -5.38. The van der Waals surface area contributed by atoms with Gasteiger partial charge in [-0.1, -0.05) is 127 Å². The van der Waals surface area contributed by atoms with Gasteiger partial charge in [-0.3, -0.25) is 0 Å². The lowest BCUT2D eigenvalue weighted by Gasteiger charge is -2.27. The van der Waals surface area contributed by atoms with E-state index in [0.717, 1.165) is 0 Å². The molecule has 26 heteroatoms. The van der Waals surface area contributed by atoms with Gasteiger partial charge in [0.15, 0.2) is 55.5 Å². The van der Waals surface area contributed by atoms with E-state index in [1.54, 1.807) is 152 Å². The van der Waals surface area contributed by atoms with Crippen LogP contribution in [0.15, 0.2) is 237 Å². The van der Waals surface area contributed by atoms with E-state index in [0.29, 0.717) is 5.75 Å². The number of carbonyl (C=O) groups excluding carboxylic acids is 7. The van der Waals surface area contributed by atoms with Crippen LogP contribution in [0.4, 0.5) is 0 Å². The third-order valence-corrected chi connectivity index (χ3v) is 16.9. The van der Waals surface area contributed by atoms with Gasteiger partial charge in [-0.25, -0.2) is 33.6 Å². The summed E-state index contributed by atoms with van der Waals surface area (Å²) in [7, 11) is 0. The number of hydrogen-bond donors (Lipinski definition) is 2. The number of hydrogen-bond acceptors (Lipinski definition) is 25. The van der Waals surface area contributed by atoms with Crippen molar-refractivity contribution in [2.24, 2.45) is 0 Å². The van der Waals surface area contributed by atoms with E-state index >= 15 is 0 Å². The average Bonchev–Trinajstić information content (AvgIpc) is 1.65. The number of esters is 7. The molecule has 4 heterocycles. The molecule has 8 aromatic carbocycles. The normalized spacial score (nSPS) is 25.5. The Hall–Kier alpha value is -10.4. The highest BCUT2D eigenvalue weighted by Crippen LogP contribution is 2.38. The molecular weight excluding hydrogens is 1360 g/mol. The molecule has 0 aliphatic carbocycles. The highest BCUT2D eigenvalue weighted by atomic mass is 35.5. The maximum atomic E-state index is 14.5. The van der Waals surface area contributed by atoms with Crippen molar-refractivity contribution < 1.29 is 120 Å². The predicted molar refractivity (Wildman–Crippen MR) is 358 cm³/mol. The van der Waals surface area contributed by atoms with Crippen LogP contribution in [0.3, 0.4) is 0 Å². The molecule has 4 aliphatic heterocycles. The number of carbonyl (C=O) groups is 7. The zero-order valence-corrected chi connectivity index (χ0v) is 55.4. The summed E-state index contributed by atoms with van der Waals surface area (Å²) >= 11 is 5.88. The molecule has 0 saturated carbocycles. The van der Waals surface area contributed by atoms with Crippen molar-refractivity contribution in [3.05, 3.63) is 276 Å². The minimum atomic E-state index is -1.77. The van der Waals surface area contributed by atoms with Crippen LogP contribution in [0.2, 0.25) is 0 Å². The highest BCUT2D eigenvalue weighted by molar-refractivity contribution is 6.18. The van der Waals surface area contributed by atoms with E-state index in [1.807, 2.05) is 0 Å². The van der Waals surface area contributed by atoms with E-state index in [1.165, 1.54) is 84.9 Å². The fraction of sp³-hybridized carbons (Fsp3) is 0.286. The first-order valence-corrected chi connectivity index (χ1v) is 33.4. The Morgan fingerprint density at radius 1 is 0.311 bits per heavy atom. The number of ether oxygens (including phenoxy) is 16. The summed E-state index contributed by atoms with van der Waals surface area (Å²) in [5, 5.41) is 21.6. The Balaban J connectivity index is 0.881. The van der Waals surface area contributed by atoms with Gasteiger partial charge in [0.25, 0.3) is 0 Å². The van der Waals surface area contributed by atoms with Crippen LogP contribution in [0.25, 0.3) is 0 Å². The van der Waals surface area contributed by atoms with Gasteiger partial charge in [0.2, 0.25) is 12.4 Å². The second-order valence-electron chi connectivity index (χ2n) is 23.6. The van der Waals surface area contributed by atoms with E-state index in [2.05, 4.69) is 0 Å². The van der Waals surface area contributed by atoms with Gasteiger partial charge in [-0.2, -0.15) is 0 Å². The van der Waals surface area contributed by atoms with Crippen LogP contribution < -0.4 is 9.47 Å². The molecule has 16 atom stereocenters. The van der Waals surface area contributed by atoms with Crippen molar-refractivity contribution in [2.75, 3.05) is 38.9 Å². The maximum Gasteiger partial charge on any atom is 0.338 e. The number of alkyl halides is 1. The van der Waals surface area contributed by atoms with Gasteiger partial charge >= 0.3 is 41.8 Å². The number of halogens is 1. The van der Waals surface area contributed by atoms with Gasteiger partial charge in [0.1, 0.15) is 48.6 Å². The van der Waals surface area contributed by atoms with E-state index in [4.69, 9.17) is 87.4 Å².